The number of ether oxygens (including phenoxy) is 1. The van der Waals surface area contributed by atoms with Crippen LogP contribution in [0.25, 0.3) is 32.9 Å². The Morgan fingerprint density at radius 3 is 2.47 bits per heavy atom. The number of carbonyl (C=O) groups excluding carboxylic acids is 1. The number of likely N-dealkylation sites (tertiary alicyclic amines) is 1. The molecule has 258 valence electrons. The number of fused-ring (bicyclic) bond motifs is 2. The second-order valence-corrected chi connectivity index (χ2v) is 15.0. The van der Waals surface area contributed by atoms with Crippen molar-refractivity contribution in [3.05, 3.63) is 78.4 Å². The van der Waals surface area contributed by atoms with Gasteiger partial charge in [0.1, 0.15) is 11.3 Å². The number of carbonyl (C=O) groups is 1. The van der Waals surface area contributed by atoms with E-state index in [4.69, 9.17) is 4.74 Å². The van der Waals surface area contributed by atoms with Gasteiger partial charge in [0.05, 0.1) is 34.6 Å². The van der Waals surface area contributed by atoms with Gasteiger partial charge in [0.25, 0.3) is 10.0 Å². The number of pyridine rings is 1. The molecule has 15 heteroatoms. The summed E-state index contributed by atoms with van der Waals surface area (Å²) in [5.41, 5.74) is -2.00. The van der Waals surface area contributed by atoms with Crippen molar-refractivity contribution in [2.45, 2.75) is 62.9 Å². The Hall–Kier alpha value is -4.79. The molecule has 1 fully saturated rings. The minimum atomic E-state index is -4.72. The van der Waals surface area contributed by atoms with E-state index in [-0.39, 0.29) is 46.8 Å². The first-order valence-corrected chi connectivity index (χ1v) is 16.9. The Bertz CT molecular complexity index is 2160. The molecule has 1 aliphatic rings. The first kappa shape index (κ1) is 34.1. The van der Waals surface area contributed by atoms with E-state index in [2.05, 4.69) is 20.3 Å². The summed E-state index contributed by atoms with van der Waals surface area (Å²) in [4.78, 5) is 27.0. The molecule has 2 aromatic carbocycles. The second kappa shape index (κ2) is 12.3. The van der Waals surface area contributed by atoms with Crippen LogP contribution < -0.4 is 5.32 Å². The molecule has 1 saturated heterocycles. The number of anilines is 1. The molecule has 6 rings (SSSR count). The summed E-state index contributed by atoms with van der Waals surface area (Å²) in [6, 6.07) is 8.91. The van der Waals surface area contributed by atoms with Gasteiger partial charge in [-0.15, -0.1) is 0 Å². The number of nitrogens with one attached hydrogen (secondary N) is 1. The van der Waals surface area contributed by atoms with Gasteiger partial charge in [-0.25, -0.2) is 31.5 Å². The van der Waals surface area contributed by atoms with Crippen LogP contribution in [0.4, 0.5) is 28.3 Å². The van der Waals surface area contributed by atoms with E-state index >= 15 is 4.39 Å². The molecule has 3 aromatic heterocycles. The summed E-state index contributed by atoms with van der Waals surface area (Å²) in [6.45, 7) is 6.95. The number of alkyl halides is 4. The molecule has 5 aromatic rings. The fourth-order valence-corrected chi connectivity index (χ4v) is 7.16. The monoisotopic (exact) mass is 698 g/mol. The van der Waals surface area contributed by atoms with Gasteiger partial charge in [-0.05, 0) is 64.8 Å². The van der Waals surface area contributed by atoms with E-state index in [1.54, 1.807) is 39.8 Å². The van der Waals surface area contributed by atoms with Gasteiger partial charge in [-0.1, -0.05) is 23.8 Å². The minimum absolute atomic E-state index is 0.0572. The van der Waals surface area contributed by atoms with Gasteiger partial charge < -0.3 is 15.0 Å². The summed E-state index contributed by atoms with van der Waals surface area (Å²) >= 11 is 0. The molecule has 0 unspecified atom stereocenters. The minimum Gasteiger partial charge on any atom is -0.444 e. The van der Waals surface area contributed by atoms with E-state index in [9.17, 15) is 26.4 Å². The zero-order valence-electron chi connectivity index (χ0n) is 27.2. The van der Waals surface area contributed by atoms with Crippen molar-refractivity contribution in [1.82, 2.24) is 23.8 Å². The molecular formula is C34H34F4N6O4S. The maximum atomic E-state index is 16.0. The van der Waals surface area contributed by atoms with Crippen LogP contribution in [0, 0.1) is 6.92 Å². The van der Waals surface area contributed by atoms with Gasteiger partial charge in [-0.3, -0.25) is 4.98 Å². The van der Waals surface area contributed by atoms with Crippen LogP contribution in [0.1, 0.15) is 44.7 Å². The zero-order chi connectivity index (χ0) is 35.4. The predicted molar refractivity (Wildman–Crippen MR) is 176 cm³/mol. The molecular weight excluding hydrogens is 664 g/mol. The van der Waals surface area contributed by atoms with Crippen LogP contribution in [0.3, 0.4) is 0 Å². The summed E-state index contributed by atoms with van der Waals surface area (Å²) in [5.74, 6) is 0.0572. The summed E-state index contributed by atoms with van der Waals surface area (Å²) in [7, 11) is -4.34. The highest BCUT2D eigenvalue weighted by molar-refractivity contribution is 7.90. The van der Waals surface area contributed by atoms with Gasteiger partial charge in [0.15, 0.2) is 0 Å². The average molecular weight is 699 g/mol. The van der Waals surface area contributed by atoms with Crippen LogP contribution in [-0.2, 0) is 20.9 Å². The number of hydrogen-bond acceptors (Lipinski definition) is 8. The van der Waals surface area contributed by atoms with Crippen LogP contribution in [-0.4, -0.2) is 69.2 Å². The standard InChI is InChI=1S/C34H34F4N6O4S/c1-21-6-9-24(10-7-21)49(46,47)44-18-27(25-11-8-23(14-28(25)44)34(36,37)38)26-17-39-15-22-16-40-30(42-29(22)26)41-19-33(35)12-5-13-43(20-33)31(45)48-32(2,3)4/h6-11,14-18H,5,12-13,19-20H2,1-4H3,(H,40,41,42)/t33-/m1/s1. The van der Waals surface area contributed by atoms with E-state index in [1.807, 2.05) is 0 Å². The highest BCUT2D eigenvalue weighted by Crippen LogP contribution is 2.39. The van der Waals surface area contributed by atoms with Crippen molar-refractivity contribution < 1.29 is 35.5 Å². The van der Waals surface area contributed by atoms with E-state index in [0.29, 0.717) is 29.4 Å². The number of rotatable bonds is 6. The van der Waals surface area contributed by atoms with Gasteiger partial charge in [0.2, 0.25) is 5.95 Å². The van der Waals surface area contributed by atoms with Crippen LogP contribution >= 0.6 is 0 Å². The molecule has 49 heavy (non-hydrogen) atoms. The first-order chi connectivity index (χ1) is 22.9. The Balaban J connectivity index is 1.38. The summed E-state index contributed by atoms with van der Waals surface area (Å²) in [5, 5.41) is 3.61. The van der Waals surface area contributed by atoms with Crippen molar-refractivity contribution in [3.63, 3.8) is 0 Å². The second-order valence-electron chi connectivity index (χ2n) is 13.2. The fraction of sp³-hybridized carbons (Fsp3) is 0.353. The fourth-order valence-electron chi connectivity index (χ4n) is 5.80. The van der Waals surface area contributed by atoms with Crippen molar-refractivity contribution >= 4 is 43.9 Å². The number of benzene rings is 2. The van der Waals surface area contributed by atoms with Crippen molar-refractivity contribution in [2.75, 3.05) is 25.0 Å². The highest BCUT2D eigenvalue weighted by Gasteiger charge is 2.39. The van der Waals surface area contributed by atoms with Crippen molar-refractivity contribution in [2.24, 2.45) is 0 Å². The number of aryl methyl sites for hydroxylation is 1. The number of halogens is 4. The molecule has 0 spiro atoms. The number of aromatic nitrogens is 4. The lowest BCUT2D eigenvalue weighted by Gasteiger charge is -2.38. The van der Waals surface area contributed by atoms with Gasteiger partial charge >= 0.3 is 12.3 Å². The first-order valence-electron chi connectivity index (χ1n) is 15.5. The molecule has 1 N–H and O–H groups in total. The van der Waals surface area contributed by atoms with E-state index in [0.717, 1.165) is 21.7 Å². The van der Waals surface area contributed by atoms with E-state index in [1.165, 1.54) is 47.9 Å². The molecule has 0 saturated carbocycles. The van der Waals surface area contributed by atoms with Crippen LogP contribution in [0.5, 0.6) is 0 Å². The lowest BCUT2D eigenvalue weighted by molar-refractivity contribution is -0.137. The van der Waals surface area contributed by atoms with Crippen molar-refractivity contribution in [3.8, 4) is 11.1 Å². The maximum absolute atomic E-state index is 16.0. The molecule has 4 heterocycles. The Kier molecular flexibility index (Phi) is 8.54. The third-order valence-electron chi connectivity index (χ3n) is 8.20. The molecule has 0 radical (unpaired) electrons. The van der Waals surface area contributed by atoms with Crippen LogP contribution in [0.15, 0.2) is 72.1 Å². The third kappa shape index (κ3) is 7.02. The Labute approximate surface area is 280 Å². The lowest BCUT2D eigenvalue weighted by Crippen LogP contribution is -2.52. The molecule has 0 bridgehead atoms. The molecule has 1 atom stereocenters. The third-order valence-corrected chi connectivity index (χ3v) is 9.89. The number of hydrogen-bond donors (Lipinski definition) is 1. The number of amides is 1. The molecule has 0 aliphatic carbocycles. The van der Waals surface area contributed by atoms with Gasteiger partial charge in [-0.2, -0.15) is 13.2 Å². The van der Waals surface area contributed by atoms with E-state index < -0.39 is 39.1 Å². The molecule has 1 amide bonds. The zero-order valence-corrected chi connectivity index (χ0v) is 28.0. The molecule has 1 aliphatic heterocycles. The topological polar surface area (TPSA) is 119 Å². The smallest absolute Gasteiger partial charge is 0.416 e. The number of nitrogens with zero attached hydrogens (tertiary/aromatic N) is 5. The maximum Gasteiger partial charge on any atom is 0.416 e. The predicted octanol–water partition coefficient (Wildman–Crippen LogP) is 7.36. The van der Waals surface area contributed by atoms with Gasteiger partial charge in [0, 0.05) is 53.2 Å². The summed E-state index contributed by atoms with van der Waals surface area (Å²) < 4.78 is 91.4. The quantitative estimate of drug-likeness (QED) is 0.183. The highest BCUT2D eigenvalue weighted by atomic mass is 32.2. The largest absolute Gasteiger partial charge is 0.444 e. The van der Waals surface area contributed by atoms with Crippen molar-refractivity contribution in [1.29, 1.82) is 0 Å². The Morgan fingerprint density at radius 1 is 1.04 bits per heavy atom. The van der Waals surface area contributed by atoms with Crippen LogP contribution in [0.2, 0.25) is 0 Å². The number of piperidine rings is 1. The SMILES string of the molecule is Cc1ccc(S(=O)(=O)n2cc(-c3cncc4cnc(NC[C@]5(F)CCCN(C(=O)OC(C)(C)C)C5)nc34)c3ccc(C(F)(F)F)cc32)cc1. The Morgan fingerprint density at radius 2 is 1.78 bits per heavy atom. The summed E-state index contributed by atoms with van der Waals surface area (Å²) in [6.07, 6.45) is 0.947. The molecule has 10 nitrogen and oxygen atoms in total. The average Bonchev–Trinajstić information content (AvgIpc) is 3.42. The normalized spacial score (nSPS) is 17.4. The lowest BCUT2D eigenvalue weighted by atomic mass is 9.95.